The van der Waals surface area contributed by atoms with Gasteiger partial charge >= 0.3 is 0 Å². The Balaban J connectivity index is 1.53. The summed E-state index contributed by atoms with van der Waals surface area (Å²) in [7, 11) is 2.01. The molecule has 0 bridgehead atoms. The van der Waals surface area contributed by atoms with E-state index in [2.05, 4.69) is 9.97 Å². The Bertz CT molecular complexity index is 641. The number of hydrogen-bond donors (Lipinski definition) is 0. The van der Waals surface area contributed by atoms with Crippen molar-refractivity contribution in [2.45, 2.75) is 18.0 Å². The van der Waals surface area contributed by atoms with Gasteiger partial charge in [0.25, 0.3) is 0 Å². The van der Waals surface area contributed by atoms with Crippen LogP contribution < -0.4 is 0 Å². The minimum absolute atomic E-state index is 0.821. The molecular formula is C14H15N3OS. The summed E-state index contributed by atoms with van der Waals surface area (Å²) in [5.41, 5.74) is 1.81. The van der Waals surface area contributed by atoms with Crippen LogP contribution in [0.5, 0.6) is 0 Å². The normalized spacial score (nSPS) is 11.2. The van der Waals surface area contributed by atoms with Crippen molar-refractivity contribution in [3.8, 4) is 0 Å². The van der Waals surface area contributed by atoms with E-state index < -0.39 is 0 Å². The van der Waals surface area contributed by atoms with Crippen LogP contribution in [-0.2, 0) is 13.5 Å². The third-order valence-corrected chi connectivity index (χ3v) is 4.03. The van der Waals surface area contributed by atoms with Gasteiger partial charge in [0.1, 0.15) is 5.52 Å². The minimum Gasteiger partial charge on any atom is -0.441 e. The summed E-state index contributed by atoms with van der Waals surface area (Å²) in [6.07, 6.45) is 5.68. The standard InChI is InChI=1S/C14H15N3OS/c1-17-9-8-15-14(17)19-10-4-7-13-16-11-5-2-3-6-12(11)18-13/h2-3,5-6,8-9H,4,7,10H2,1H3. The number of aromatic nitrogens is 3. The van der Waals surface area contributed by atoms with Gasteiger partial charge in [0.2, 0.25) is 0 Å². The zero-order chi connectivity index (χ0) is 13.1. The third kappa shape index (κ3) is 2.81. The van der Waals surface area contributed by atoms with Crippen molar-refractivity contribution in [3.63, 3.8) is 0 Å². The van der Waals surface area contributed by atoms with Gasteiger partial charge < -0.3 is 8.98 Å². The van der Waals surface area contributed by atoms with Crippen LogP contribution in [0.3, 0.4) is 0 Å². The van der Waals surface area contributed by atoms with Crippen LogP contribution in [0.25, 0.3) is 11.1 Å². The largest absolute Gasteiger partial charge is 0.441 e. The molecule has 2 aromatic heterocycles. The first kappa shape index (κ1) is 12.3. The molecule has 0 saturated heterocycles. The number of aryl methyl sites for hydroxylation is 2. The van der Waals surface area contributed by atoms with Gasteiger partial charge in [-0.15, -0.1) is 0 Å². The van der Waals surface area contributed by atoms with E-state index in [-0.39, 0.29) is 0 Å². The van der Waals surface area contributed by atoms with Gasteiger partial charge in [-0.05, 0) is 18.6 Å². The Morgan fingerprint density at radius 2 is 2.21 bits per heavy atom. The second-order valence-electron chi connectivity index (χ2n) is 4.35. The number of thioether (sulfide) groups is 1. The Morgan fingerprint density at radius 3 is 3.00 bits per heavy atom. The zero-order valence-corrected chi connectivity index (χ0v) is 11.6. The molecule has 5 heteroatoms. The van der Waals surface area contributed by atoms with Gasteiger partial charge in [-0.2, -0.15) is 0 Å². The maximum atomic E-state index is 5.69. The molecule has 98 valence electrons. The van der Waals surface area contributed by atoms with Crippen LogP contribution in [0.1, 0.15) is 12.3 Å². The average molecular weight is 273 g/mol. The lowest BCUT2D eigenvalue weighted by Crippen LogP contribution is -1.92. The summed E-state index contributed by atoms with van der Waals surface area (Å²) in [5.74, 6) is 1.84. The number of benzene rings is 1. The maximum absolute atomic E-state index is 5.69. The van der Waals surface area contributed by atoms with Gasteiger partial charge in [0.05, 0.1) is 0 Å². The molecule has 0 radical (unpaired) electrons. The summed E-state index contributed by atoms with van der Waals surface area (Å²) >= 11 is 1.76. The first-order chi connectivity index (χ1) is 9.33. The quantitative estimate of drug-likeness (QED) is 0.528. The van der Waals surface area contributed by atoms with Crippen molar-refractivity contribution in [2.24, 2.45) is 7.05 Å². The summed E-state index contributed by atoms with van der Waals surface area (Å²) in [5, 5.41) is 1.05. The number of hydrogen-bond acceptors (Lipinski definition) is 4. The van der Waals surface area contributed by atoms with Crippen LogP contribution in [0.4, 0.5) is 0 Å². The third-order valence-electron chi connectivity index (χ3n) is 2.88. The molecular weight excluding hydrogens is 258 g/mol. The number of rotatable bonds is 5. The molecule has 0 saturated carbocycles. The lowest BCUT2D eigenvalue weighted by Gasteiger charge is -1.99. The van der Waals surface area contributed by atoms with Crippen molar-refractivity contribution in [2.75, 3.05) is 5.75 Å². The van der Waals surface area contributed by atoms with Crippen LogP contribution in [0, 0.1) is 0 Å². The highest BCUT2D eigenvalue weighted by Crippen LogP contribution is 2.19. The highest BCUT2D eigenvalue weighted by molar-refractivity contribution is 7.99. The molecule has 0 fully saturated rings. The first-order valence-corrected chi connectivity index (χ1v) is 7.26. The molecule has 0 aliphatic carbocycles. The molecule has 0 spiro atoms. The number of fused-ring (bicyclic) bond motifs is 1. The number of nitrogens with zero attached hydrogens (tertiary/aromatic N) is 3. The summed E-state index contributed by atoms with van der Waals surface area (Å²) in [6.45, 7) is 0. The van der Waals surface area contributed by atoms with Crippen molar-refractivity contribution >= 4 is 22.9 Å². The van der Waals surface area contributed by atoms with E-state index in [0.717, 1.165) is 40.7 Å². The lowest BCUT2D eigenvalue weighted by atomic mass is 10.3. The second kappa shape index (κ2) is 5.48. The second-order valence-corrected chi connectivity index (χ2v) is 5.41. The average Bonchev–Trinajstić information content (AvgIpc) is 3.00. The van der Waals surface area contributed by atoms with E-state index in [4.69, 9.17) is 4.42 Å². The minimum atomic E-state index is 0.821. The summed E-state index contributed by atoms with van der Waals surface area (Å²) in [6, 6.07) is 7.87. The predicted octanol–water partition coefficient (Wildman–Crippen LogP) is 3.29. The lowest BCUT2D eigenvalue weighted by molar-refractivity contribution is 0.526. The molecule has 0 N–H and O–H groups in total. The van der Waals surface area contributed by atoms with E-state index in [0.29, 0.717) is 0 Å². The van der Waals surface area contributed by atoms with Crippen LogP contribution in [-0.4, -0.2) is 20.3 Å². The highest BCUT2D eigenvalue weighted by Gasteiger charge is 2.05. The predicted molar refractivity (Wildman–Crippen MR) is 76.3 cm³/mol. The molecule has 0 aliphatic rings. The zero-order valence-electron chi connectivity index (χ0n) is 10.7. The molecule has 3 aromatic rings. The monoisotopic (exact) mass is 273 g/mol. The topological polar surface area (TPSA) is 43.9 Å². The van der Waals surface area contributed by atoms with Crippen LogP contribution >= 0.6 is 11.8 Å². The van der Waals surface area contributed by atoms with Crippen molar-refractivity contribution in [1.29, 1.82) is 0 Å². The fourth-order valence-electron chi connectivity index (χ4n) is 1.90. The molecule has 0 unspecified atom stereocenters. The van der Waals surface area contributed by atoms with Gasteiger partial charge in [0.15, 0.2) is 16.6 Å². The molecule has 0 amide bonds. The van der Waals surface area contributed by atoms with Gasteiger partial charge in [-0.1, -0.05) is 23.9 Å². The van der Waals surface area contributed by atoms with E-state index in [9.17, 15) is 0 Å². The van der Waals surface area contributed by atoms with Crippen molar-refractivity contribution in [3.05, 3.63) is 42.5 Å². The molecule has 3 rings (SSSR count). The number of oxazole rings is 1. The van der Waals surface area contributed by atoms with Crippen molar-refractivity contribution in [1.82, 2.24) is 14.5 Å². The van der Waals surface area contributed by atoms with Crippen LogP contribution in [0.15, 0.2) is 46.2 Å². The number of para-hydroxylation sites is 2. The Morgan fingerprint density at radius 1 is 1.32 bits per heavy atom. The molecule has 2 heterocycles. The van der Waals surface area contributed by atoms with E-state index in [1.165, 1.54) is 0 Å². The fourth-order valence-corrected chi connectivity index (χ4v) is 2.78. The molecule has 0 atom stereocenters. The summed E-state index contributed by atoms with van der Waals surface area (Å²) < 4.78 is 7.72. The van der Waals surface area contributed by atoms with Gasteiger partial charge in [0, 0.05) is 31.6 Å². The molecule has 19 heavy (non-hydrogen) atoms. The molecule has 0 aliphatic heterocycles. The Labute approximate surface area is 115 Å². The fraction of sp³-hybridized carbons (Fsp3) is 0.286. The number of imidazole rings is 1. The SMILES string of the molecule is Cn1ccnc1SCCCc1nc2ccccc2o1. The first-order valence-electron chi connectivity index (χ1n) is 6.27. The van der Waals surface area contributed by atoms with E-state index in [1.54, 1.807) is 11.8 Å². The van der Waals surface area contributed by atoms with Gasteiger partial charge in [-0.3, -0.25) is 0 Å². The van der Waals surface area contributed by atoms with Crippen LogP contribution in [0.2, 0.25) is 0 Å². The maximum Gasteiger partial charge on any atom is 0.195 e. The van der Waals surface area contributed by atoms with Crippen molar-refractivity contribution < 1.29 is 4.42 Å². The Hall–Kier alpha value is -1.75. The highest BCUT2D eigenvalue weighted by atomic mass is 32.2. The summed E-state index contributed by atoms with van der Waals surface area (Å²) in [4.78, 5) is 8.75. The Kier molecular flexibility index (Phi) is 3.55. The molecule has 4 nitrogen and oxygen atoms in total. The van der Waals surface area contributed by atoms with E-state index >= 15 is 0 Å². The van der Waals surface area contributed by atoms with E-state index in [1.807, 2.05) is 48.3 Å². The van der Waals surface area contributed by atoms with Gasteiger partial charge in [-0.25, -0.2) is 9.97 Å². The smallest absolute Gasteiger partial charge is 0.195 e. The molecule has 1 aromatic carbocycles.